The van der Waals surface area contributed by atoms with Crippen LogP contribution in [0.1, 0.15) is 12.8 Å². The second-order valence-corrected chi connectivity index (χ2v) is 3.38. The van der Waals surface area contributed by atoms with E-state index in [1.807, 2.05) is 7.05 Å². The second-order valence-electron chi connectivity index (χ2n) is 3.38. The van der Waals surface area contributed by atoms with Crippen LogP contribution in [0, 0.1) is 0 Å². The van der Waals surface area contributed by atoms with E-state index >= 15 is 0 Å². The molecule has 0 aromatic rings. The van der Waals surface area contributed by atoms with Gasteiger partial charge < -0.3 is 5.32 Å². The third kappa shape index (κ3) is 0.993. The van der Waals surface area contributed by atoms with Gasteiger partial charge in [0.1, 0.15) is 0 Å². The number of carbonyl (C=O) groups excluding carboxylic acids is 1. The Balaban J connectivity index is 2.13. The Kier molecular flexibility index (Phi) is 1.69. The number of hydrogen-bond acceptors (Lipinski definition) is 3. The summed E-state index contributed by atoms with van der Waals surface area (Å²) in [6, 6.07) is 0.630. The molecule has 2 unspecified atom stereocenters. The molecule has 2 fully saturated rings. The second kappa shape index (κ2) is 2.57. The van der Waals surface area contributed by atoms with Gasteiger partial charge in [0, 0.05) is 25.6 Å². The van der Waals surface area contributed by atoms with E-state index in [0.29, 0.717) is 11.8 Å². The predicted molar refractivity (Wildman–Crippen MR) is 42.4 cm³/mol. The highest BCUT2D eigenvalue weighted by Crippen LogP contribution is 2.24. The van der Waals surface area contributed by atoms with Crippen LogP contribution in [0.4, 0.5) is 0 Å². The molecule has 3 nitrogen and oxygen atoms in total. The lowest BCUT2D eigenvalue weighted by atomic mass is 10.1. The van der Waals surface area contributed by atoms with Gasteiger partial charge in [0.2, 0.25) is 0 Å². The molecular formula is C8H14N2O. The molecule has 3 heteroatoms. The largest absolute Gasteiger partial charge is 0.315 e. The number of fused-ring (bicyclic) bond motifs is 1. The van der Waals surface area contributed by atoms with Gasteiger partial charge in [-0.05, 0) is 13.5 Å². The first-order valence-electron chi connectivity index (χ1n) is 4.27. The quantitative estimate of drug-likeness (QED) is 0.559. The smallest absolute Gasteiger partial charge is 0.152 e. The average molecular weight is 154 g/mol. The van der Waals surface area contributed by atoms with Crippen LogP contribution in [-0.2, 0) is 4.79 Å². The molecule has 0 aromatic carbocycles. The number of carbonyl (C=O) groups is 1. The molecule has 2 aliphatic heterocycles. The van der Waals surface area contributed by atoms with E-state index in [2.05, 4.69) is 10.2 Å². The Hall–Kier alpha value is -0.410. The van der Waals surface area contributed by atoms with Crippen molar-refractivity contribution in [1.82, 2.24) is 10.2 Å². The standard InChI is InChI=1S/C8H14N2O/c1-9-6-2-4-10-5-3-7(11)8(6)10/h6,8-9H,2-5H2,1H3. The minimum absolute atomic E-state index is 0.208. The normalized spacial score (nSPS) is 38.1. The molecule has 2 atom stereocenters. The summed E-state index contributed by atoms with van der Waals surface area (Å²) in [5.74, 6) is 0.432. The summed E-state index contributed by atoms with van der Waals surface area (Å²) >= 11 is 0. The van der Waals surface area contributed by atoms with Crippen LogP contribution in [0.5, 0.6) is 0 Å². The predicted octanol–water partition coefficient (Wildman–Crippen LogP) is -0.378. The van der Waals surface area contributed by atoms with Gasteiger partial charge in [-0.2, -0.15) is 0 Å². The number of rotatable bonds is 1. The monoisotopic (exact) mass is 154 g/mol. The third-order valence-corrected chi connectivity index (χ3v) is 2.85. The summed E-state index contributed by atoms with van der Waals surface area (Å²) in [6.07, 6.45) is 1.90. The Morgan fingerprint density at radius 1 is 1.55 bits per heavy atom. The molecule has 0 aliphatic carbocycles. The number of likely N-dealkylation sites (N-methyl/N-ethyl adjacent to an activating group) is 1. The van der Waals surface area contributed by atoms with Crippen molar-refractivity contribution in [2.75, 3.05) is 20.1 Å². The van der Waals surface area contributed by atoms with Crippen LogP contribution in [0.2, 0.25) is 0 Å². The summed E-state index contributed by atoms with van der Waals surface area (Å²) in [6.45, 7) is 2.09. The summed E-state index contributed by atoms with van der Waals surface area (Å²) in [5, 5.41) is 3.20. The highest BCUT2D eigenvalue weighted by molar-refractivity contribution is 5.87. The number of hydrogen-bond donors (Lipinski definition) is 1. The molecule has 0 spiro atoms. The number of nitrogens with one attached hydrogen (secondary N) is 1. The molecule has 2 saturated heterocycles. The van der Waals surface area contributed by atoms with E-state index in [1.54, 1.807) is 0 Å². The number of ketones is 1. The Bertz CT molecular complexity index is 181. The first kappa shape index (κ1) is 7.25. The van der Waals surface area contributed by atoms with Crippen molar-refractivity contribution < 1.29 is 4.79 Å². The zero-order valence-corrected chi connectivity index (χ0v) is 6.84. The van der Waals surface area contributed by atoms with E-state index in [0.717, 1.165) is 25.9 Å². The van der Waals surface area contributed by atoms with E-state index in [1.165, 1.54) is 0 Å². The Morgan fingerprint density at radius 2 is 2.36 bits per heavy atom. The van der Waals surface area contributed by atoms with E-state index in [9.17, 15) is 4.79 Å². The first-order valence-corrected chi connectivity index (χ1v) is 4.27. The van der Waals surface area contributed by atoms with Gasteiger partial charge in [-0.1, -0.05) is 0 Å². The van der Waals surface area contributed by atoms with Crippen LogP contribution < -0.4 is 5.32 Å². The van der Waals surface area contributed by atoms with Crippen LogP contribution in [0.15, 0.2) is 0 Å². The van der Waals surface area contributed by atoms with Crippen LogP contribution >= 0.6 is 0 Å². The number of Topliss-reactive ketones (excluding diaryl/α,β-unsaturated/α-hetero) is 1. The Morgan fingerprint density at radius 3 is 3.09 bits per heavy atom. The van der Waals surface area contributed by atoms with Crippen molar-refractivity contribution in [2.45, 2.75) is 24.9 Å². The summed E-state index contributed by atoms with van der Waals surface area (Å²) in [7, 11) is 1.94. The first-order chi connectivity index (χ1) is 5.33. The zero-order valence-electron chi connectivity index (χ0n) is 6.84. The van der Waals surface area contributed by atoms with Crippen LogP contribution in [0.25, 0.3) is 0 Å². The van der Waals surface area contributed by atoms with E-state index < -0.39 is 0 Å². The highest BCUT2D eigenvalue weighted by Gasteiger charge is 2.41. The average Bonchev–Trinajstić information content (AvgIpc) is 2.54. The van der Waals surface area contributed by atoms with Crippen molar-refractivity contribution in [3.63, 3.8) is 0 Å². The molecule has 0 bridgehead atoms. The van der Waals surface area contributed by atoms with Crippen molar-refractivity contribution in [3.05, 3.63) is 0 Å². The molecule has 2 rings (SSSR count). The van der Waals surface area contributed by atoms with Crippen molar-refractivity contribution in [2.24, 2.45) is 0 Å². The minimum atomic E-state index is 0.208. The molecule has 1 N–H and O–H groups in total. The van der Waals surface area contributed by atoms with Gasteiger partial charge in [-0.25, -0.2) is 0 Å². The van der Waals surface area contributed by atoms with Gasteiger partial charge in [-0.15, -0.1) is 0 Å². The lowest BCUT2D eigenvalue weighted by Gasteiger charge is -2.17. The third-order valence-electron chi connectivity index (χ3n) is 2.85. The van der Waals surface area contributed by atoms with E-state index in [-0.39, 0.29) is 6.04 Å². The summed E-state index contributed by atoms with van der Waals surface area (Å²) in [4.78, 5) is 13.6. The fourth-order valence-corrected chi connectivity index (χ4v) is 2.24. The Labute approximate surface area is 66.8 Å². The fourth-order valence-electron chi connectivity index (χ4n) is 2.24. The van der Waals surface area contributed by atoms with Crippen LogP contribution in [0.3, 0.4) is 0 Å². The lowest BCUT2D eigenvalue weighted by Crippen LogP contribution is -2.41. The molecule has 0 radical (unpaired) electrons. The van der Waals surface area contributed by atoms with Crippen molar-refractivity contribution >= 4 is 5.78 Å². The molecular weight excluding hydrogens is 140 g/mol. The van der Waals surface area contributed by atoms with Gasteiger partial charge in [-0.3, -0.25) is 9.69 Å². The summed E-state index contributed by atoms with van der Waals surface area (Å²) in [5.41, 5.74) is 0. The molecule has 0 amide bonds. The van der Waals surface area contributed by atoms with Gasteiger partial charge in [0.05, 0.1) is 6.04 Å². The highest BCUT2D eigenvalue weighted by atomic mass is 16.1. The summed E-state index contributed by atoms with van der Waals surface area (Å²) < 4.78 is 0. The van der Waals surface area contributed by atoms with Gasteiger partial charge in [0.25, 0.3) is 0 Å². The maximum absolute atomic E-state index is 11.3. The fraction of sp³-hybridized carbons (Fsp3) is 0.875. The minimum Gasteiger partial charge on any atom is -0.315 e. The maximum atomic E-state index is 11.3. The topological polar surface area (TPSA) is 32.3 Å². The lowest BCUT2D eigenvalue weighted by molar-refractivity contribution is -0.119. The SMILES string of the molecule is CNC1CCN2CCC(=O)C12. The number of nitrogens with zero attached hydrogens (tertiary/aromatic N) is 1. The molecule has 2 aliphatic rings. The van der Waals surface area contributed by atoms with Gasteiger partial charge in [0.15, 0.2) is 5.78 Å². The van der Waals surface area contributed by atoms with Crippen molar-refractivity contribution in [1.29, 1.82) is 0 Å². The zero-order chi connectivity index (χ0) is 7.84. The molecule has 2 heterocycles. The van der Waals surface area contributed by atoms with Crippen molar-refractivity contribution in [3.8, 4) is 0 Å². The molecule has 0 saturated carbocycles. The maximum Gasteiger partial charge on any atom is 0.152 e. The van der Waals surface area contributed by atoms with E-state index in [4.69, 9.17) is 0 Å². The van der Waals surface area contributed by atoms with Crippen LogP contribution in [-0.4, -0.2) is 42.9 Å². The molecule has 11 heavy (non-hydrogen) atoms. The molecule has 0 aromatic heterocycles. The van der Waals surface area contributed by atoms with Gasteiger partial charge >= 0.3 is 0 Å². The molecule has 62 valence electrons.